The lowest BCUT2D eigenvalue weighted by molar-refractivity contribution is -0.165. The van der Waals surface area contributed by atoms with Crippen LogP contribution in [0.15, 0.2) is 12.2 Å². The maximum Gasteiger partial charge on any atom is 0.332 e. The molecule has 8 heteroatoms. The second kappa shape index (κ2) is 9.01. The molecule has 0 saturated heterocycles. The van der Waals surface area contributed by atoms with Crippen LogP contribution in [0.25, 0.3) is 0 Å². The fourth-order valence-corrected chi connectivity index (χ4v) is 1.92. The van der Waals surface area contributed by atoms with E-state index in [2.05, 4.69) is 15.4 Å². The summed E-state index contributed by atoms with van der Waals surface area (Å²) in [5, 5.41) is 5.03. The van der Waals surface area contributed by atoms with Gasteiger partial charge in [0.15, 0.2) is 0 Å². The van der Waals surface area contributed by atoms with Gasteiger partial charge in [0.25, 0.3) is 0 Å². The van der Waals surface area contributed by atoms with Crippen LogP contribution in [-0.4, -0.2) is 47.5 Å². The number of methoxy groups -OCH3 is 1. The minimum atomic E-state index is -1.27. The number of hydrogen-bond donors (Lipinski definition) is 2. The third-order valence-corrected chi connectivity index (χ3v) is 3.88. The average molecular weight is 384 g/mol. The van der Waals surface area contributed by atoms with Gasteiger partial charge in [-0.25, -0.2) is 9.59 Å². The summed E-state index contributed by atoms with van der Waals surface area (Å²) < 4.78 is 9.98. The Morgan fingerprint density at radius 1 is 0.815 bits per heavy atom. The molecule has 0 aromatic carbocycles. The van der Waals surface area contributed by atoms with Gasteiger partial charge >= 0.3 is 11.9 Å². The van der Waals surface area contributed by atoms with Crippen LogP contribution in [0.1, 0.15) is 55.4 Å². The summed E-state index contributed by atoms with van der Waals surface area (Å²) in [6.45, 7) is 13.3. The van der Waals surface area contributed by atoms with Crippen LogP contribution in [-0.2, 0) is 28.7 Å². The van der Waals surface area contributed by atoms with Crippen LogP contribution >= 0.6 is 0 Å². The van der Waals surface area contributed by atoms with Crippen molar-refractivity contribution in [3.63, 3.8) is 0 Å². The van der Waals surface area contributed by atoms with E-state index in [4.69, 9.17) is 4.74 Å². The Hall–Kier alpha value is -2.38. The Morgan fingerprint density at radius 3 is 1.63 bits per heavy atom. The van der Waals surface area contributed by atoms with E-state index in [-0.39, 0.29) is 5.92 Å². The van der Waals surface area contributed by atoms with Crippen LogP contribution < -0.4 is 10.6 Å². The second-order valence-electron chi connectivity index (χ2n) is 8.29. The normalized spacial score (nSPS) is 14.4. The van der Waals surface area contributed by atoms with E-state index in [0.29, 0.717) is 0 Å². The largest absolute Gasteiger partial charge is 0.467 e. The molecule has 2 amide bonds. The highest BCUT2D eigenvalue weighted by Gasteiger charge is 2.41. The molecule has 0 spiro atoms. The first-order valence-corrected chi connectivity index (χ1v) is 8.69. The average Bonchev–Trinajstić information content (AvgIpc) is 2.49. The summed E-state index contributed by atoms with van der Waals surface area (Å²) in [7, 11) is 1.21. The third kappa shape index (κ3) is 7.80. The molecule has 2 N–H and O–H groups in total. The second-order valence-corrected chi connectivity index (χ2v) is 8.29. The number of rotatable bonds is 7. The predicted molar refractivity (Wildman–Crippen MR) is 101 cm³/mol. The monoisotopic (exact) mass is 384 g/mol. The minimum absolute atomic E-state index is 0.253. The Morgan fingerprint density at radius 2 is 1.26 bits per heavy atom. The highest BCUT2D eigenvalue weighted by Crippen LogP contribution is 2.22. The zero-order valence-corrected chi connectivity index (χ0v) is 17.7. The van der Waals surface area contributed by atoms with Crippen molar-refractivity contribution in [2.75, 3.05) is 7.11 Å². The Bertz CT molecular complexity index is 616. The molecule has 0 rings (SSSR count). The van der Waals surface area contributed by atoms with Crippen molar-refractivity contribution in [2.24, 2.45) is 5.92 Å². The summed E-state index contributed by atoms with van der Waals surface area (Å²) in [6, 6.07) is 0. The maximum atomic E-state index is 12.5. The van der Waals surface area contributed by atoms with Crippen molar-refractivity contribution in [3.8, 4) is 0 Å². The van der Waals surface area contributed by atoms with Gasteiger partial charge in [-0.05, 0) is 47.5 Å². The molecule has 0 aromatic rings. The van der Waals surface area contributed by atoms with Gasteiger partial charge in [-0.3, -0.25) is 9.59 Å². The number of amides is 2. The molecular formula is C19H32N2O6. The van der Waals surface area contributed by atoms with Gasteiger partial charge in [0.1, 0.15) is 16.7 Å². The van der Waals surface area contributed by atoms with Crippen molar-refractivity contribution in [3.05, 3.63) is 12.2 Å². The molecule has 0 saturated carbocycles. The zero-order chi connectivity index (χ0) is 21.6. The molecule has 0 heterocycles. The summed E-state index contributed by atoms with van der Waals surface area (Å²) in [4.78, 5) is 48.2. The van der Waals surface area contributed by atoms with Crippen molar-refractivity contribution >= 4 is 23.8 Å². The molecule has 8 nitrogen and oxygen atoms in total. The van der Waals surface area contributed by atoms with Gasteiger partial charge in [-0.1, -0.05) is 13.8 Å². The van der Waals surface area contributed by atoms with Crippen molar-refractivity contribution < 1.29 is 28.7 Å². The van der Waals surface area contributed by atoms with Crippen LogP contribution in [0.5, 0.6) is 0 Å². The fourth-order valence-electron chi connectivity index (χ4n) is 1.92. The number of ether oxygens (including phenoxy) is 2. The first kappa shape index (κ1) is 24.6. The van der Waals surface area contributed by atoms with E-state index >= 15 is 0 Å². The lowest BCUT2D eigenvalue weighted by Gasteiger charge is -2.34. The Labute approximate surface area is 161 Å². The molecule has 0 fully saturated rings. The molecule has 154 valence electrons. The van der Waals surface area contributed by atoms with Gasteiger partial charge in [0, 0.05) is 12.2 Å². The van der Waals surface area contributed by atoms with Gasteiger partial charge in [0.05, 0.1) is 7.11 Å². The van der Waals surface area contributed by atoms with E-state index in [0.717, 1.165) is 12.2 Å². The summed E-state index contributed by atoms with van der Waals surface area (Å²) >= 11 is 0. The number of hydrogen-bond acceptors (Lipinski definition) is 6. The smallest absolute Gasteiger partial charge is 0.332 e. The van der Waals surface area contributed by atoms with E-state index in [1.807, 2.05) is 0 Å². The van der Waals surface area contributed by atoms with E-state index < -0.39 is 40.4 Å². The van der Waals surface area contributed by atoms with E-state index in [1.54, 1.807) is 41.5 Å². The molecule has 0 aromatic heterocycles. The third-order valence-electron chi connectivity index (χ3n) is 3.88. The van der Waals surface area contributed by atoms with Crippen LogP contribution in [0.3, 0.4) is 0 Å². The SMILES string of the molecule is COC(=O)C(C)(C)NC(=O)/C=C\C(=O)N[C@](C)(C(=O)OC(C)(C)C)C(C)C. The van der Waals surface area contributed by atoms with Gasteiger partial charge in [-0.2, -0.15) is 0 Å². The van der Waals surface area contributed by atoms with Crippen molar-refractivity contribution in [2.45, 2.75) is 72.1 Å². The molecule has 0 aliphatic carbocycles. The maximum absolute atomic E-state index is 12.5. The predicted octanol–water partition coefficient (Wildman–Crippen LogP) is 1.48. The number of nitrogens with one attached hydrogen (secondary N) is 2. The fraction of sp³-hybridized carbons (Fsp3) is 0.684. The number of esters is 2. The summed E-state index contributed by atoms with van der Waals surface area (Å²) in [5.41, 5.74) is -3.21. The van der Waals surface area contributed by atoms with Crippen molar-refractivity contribution in [1.29, 1.82) is 0 Å². The van der Waals surface area contributed by atoms with Crippen LogP contribution in [0.4, 0.5) is 0 Å². The molecule has 27 heavy (non-hydrogen) atoms. The summed E-state index contributed by atoms with van der Waals surface area (Å²) in [5.74, 6) is -2.72. The number of carbonyl (C=O) groups excluding carboxylic acids is 4. The van der Waals surface area contributed by atoms with Gasteiger partial charge in [0.2, 0.25) is 11.8 Å². The lowest BCUT2D eigenvalue weighted by atomic mass is 9.88. The molecule has 1 atom stereocenters. The molecule has 0 aliphatic rings. The first-order valence-electron chi connectivity index (χ1n) is 8.69. The van der Waals surface area contributed by atoms with Crippen LogP contribution in [0.2, 0.25) is 0 Å². The molecule has 0 bridgehead atoms. The first-order chi connectivity index (χ1) is 12.0. The zero-order valence-electron chi connectivity index (χ0n) is 17.7. The highest BCUT2D eigenvalue weighted by atomic mass is 16.6. The topological polar surface area (TPSA) is 111 Å². The molecule has 0 radical (unpaired) electrons. The van der Waals surface area contributed by atoms with Crippen LogP contribution in [0, 0.1) is 5.92 Å². The lowest BCUT2D eigenvalue weighted by Crippen LogP contribution is -2.57. The van der Waals surface area contributed by atoms with E-state index in [9.17, 15) is 19.2 Å². The standard InChI is InChI=1S/C19H32N2O6/c1-12(2)19(8,16(25)27-17(3,4)5)21-14(23)11-10-13(22)20-18(6,7)15(24)26-9/h10-12H,1-9H3,(H,20,22)(H,21,23)/b11-10-/t19-/m0/s1. The summed E-state index contributed by atoms with van der Waals surface area (Å²) in [6.07, 6.45) is 1.98. The van der Waals surface area contributed by atoms with E-state index in [1.165, 1.54) is 21.0 Å². The van der Waals surface area contributed by atoms with Crippen molar-refractivity contribution in [1.82, 2.24) is 10.6 Å². The Balaban J connectivity index is 5.12. The number of carbonyl (C=O) groups is 4. The van der Waals surface area contributed by atoms with Gasteiger partial charge in [-0.15, -0.1) is 0 Å². The Kier molecular flexibility index (Phi) is 8.22. The highest BCUT2D eigenvalue weighted by molar-refractivity contribution is 6.00. The molecular weight excluding hydrogens is 352 g/mol. The minimum Gasteiger partial charge on any atom is -0.467 e. The molecule has 0 aliphatic heterocycles. The van der Waals surface area contributed by atoms with Gasteiger partial charge < -0.3 is 20.1 Å². The molecule has 0 unspecified atom stereocenters. The quantitative estimate of drug-likeness (QED) is 0.508.